The highest BCUT2D eigenvalue weighted by Gasteiger charge is 2.41. The van der Waals surface area contributed by atoms with Crippen LogP contribution < -0.4 is 0 Å². The van der Waals surface area contributed by atoms with Crippen LogP contribution in [0.1, 0.15) is 25.7 Å². The largest absolute Gasteiger partial charge is 0.479 e. The van der Waals surface area contributed by atoms with E-state index in [1.807, 2.05) is 0 Å². The zero-order chi connectivity index (χ0) is 8.48. The molecule has 62 valence electrons. The van der Waals surface area contributed by atoms with Gasteiger partial charge in [-0.2, -0.15) is 0 Å². The second-order valence-corrected chi connectivity index (χ2v) is 2.81. The van der Waals surface area contributed by atoms with E-state index in [4.69, 9.17) is 5.11 Å². The van der Waals surface area contributed by atoms with Crippen molar-refractivity contribution in [3.8, 4) is 0 Å². The van der Waals surface area contributed by atoms with Gasteiger partial charge in [0.15, 0.2) is 0 Å². The second-order valence-electron chi connectivity index (χ2n) is 2.81. The van der Waals surface area contributed by atoms with Gasteiger partial charge in [0.2, 0.25) is 5.67 Å². The summed E-state index contributed by atoms with van der Waals surface area (Å²) in [6.45, 7) is 0. The number of hydrogen-bond donors (Lipinski definition) is 1. The van der Waals surface area contributed by atoms with Crippen LogP contribution in [0.5, 0.6) is 0 Å². The number of carbonyl (C=O) groups excluding carboxylic acids is 1. The van der Waals surface area contributed by atoms with E-state index in [0.717, 1.165) is 0 Å². The van der Waals surface area contributed by atoms with Gasteiger partial charge in [-0.25, -0.2) is 9.18 Å². The number of halogens is 1. The second kappa shape index (κ2) is 2.60. The Morgan fingerprint density at radius 1 is 1.45 bits per heavy atom. The van der Waals surface area contributed by atoms with E-state index < -0.39 is 11.6 Å². The number of Topliss-reactive ketones (excluding diaryl/α,β-unsaturated/α-hetero) is 1. The van der Waals surface area contributed by atoms with E-state index in [1.165, 1.54) is 0 Å². The lowest BCUT2D eigenvalue weighted by Crippen LogP contribution is -2.37. The first-order valence-electron chi connectivity index (χ1n) is 3.49. The van der Waals surface area contributed by atoms with E-state index >= 15 is 0 Å². The first-order valence-corrected chi connectivity index (χ1v) is 3.49. The molecule has 1 fully saturated rings. The third-order valence-electron chi connectivity index (χ3n) is 1.98. The van der Waals surface area contributed by atoms with Crippen molar-refractivity contribution >= 4 is 11.8 Å². The topological polar surface area (TPSA) is 54.4 Å². The van der Waals surface area contributed by atoms with Gasteiger partial charge < -0.3 is 5.11 Å². The normalized spacial score (nSPS) is 23.2. The Hall–Kier alpha value is -0.930. The summed E-state index contributed by atoms with van der Waals surface area (Å²) < 4.78 is 13.1. The van der Waals surface area contributed by atoms with Gasteiger partial charge in [-0.05, 0) is 12.8 Å². The lowest BCUT2D eigenvalue weighted by atomic mass is 9.86. The number of carbonyl (C=O) groups is 2. The molecule has 0 unspecified atom stereocenters. The molecule has 11 heavy (non-hydrogen) atoms. The molecule has 0 heterocycles. The third kappa shape index (κ3) is 1.56. The molecule has 0 saturated heterocycles. The first kappa shape index (κ1) is 8.17. The number of carboxylic acids is 1. The monoisotopic (exact) mass is 160 g/mol. The number of rotatable bonds is 1. The third-order valence-corrected chi connectivity index (χ3v) is 1.98. The summed E-state index contributed by atoms with van der Waals surface area (Å²) in [5, 5.41) is 8.40. The van der Waals surface area contributed by atoms with Crippen molar-refractivity contribution in [3.63, 3.8) is 0 Å². The van der Waals surface area contributed by atoms with Gasteiger partial charge in [0.1, 0.15) is 5.78 Å². The molecular weight excluding hydrogens is 151 g/mol. The number of hydrogen-bond acceptors (Lipinski definition) is 2. The number of aliphatic carboxylic acids is 1. The number of carboxylic acid groups (broad SMARTS) is 1. The summed E-state index contributed by atoms with van der Waals surface area (Å²) in [4.78, 5) is 20.9. The van der Waals surface area contributed by atoms with Gasteiger partial charge in [0.25, 0.3) is 0 Å². The van der Waals surface area contributed by atoms with E-state index in [1.54, 1.807) is 0 Å². The Kier molecular flexibility index (Phi) is 1.93. The standard InChI is InChI=1S/C7H9FO3/c8-7(6(10)11)3-1-5(9)2-4-7/h1-4H2,(H,10,11). The zero-order valence-electron chi connectivity index (χ0n) is 5.97. The summed E-state index contributed by atoms with van der Waals surface area (Å²) in [6, 6.07) is 0. The average molecular weight is 160 g/mol. The number of alkyl halides is 1. The molecule has 0 aromatic heterocycles. The molecule has 0 radical (unpaired) electrons. The maximum absolute atomic E-state index is 13.1. The fraction of sp³-hybridized carbons (Fsp3) is 0.714. The molecule has 1 N–H and O–H groups in total. The van der Waals surface area contributed by atoms with Gasteiger partial charge in [0.05, 0.1) is 0 Å². The minimum absolute atomic E-state index is 0.0421. The Morgan fingerprint density at radius 3 is 2.27 bits per heavy atom. The smallest absolute Gasteiger partial charge is 0.341 e. The van der Waals surface area contributed by atoms with E-state index in [0.29, 0.717) is 0 Å². The van der Waals surface area contributed by atoms with Crippen LogP contribution in [0.25, 0.3) is 0 Å². The maximum atomic E-state index is 13.1. The van der Waals surface area contributed by atoms with Crippen LogP contribution in [-0.2, 0) is 9.59 Å². The van der Waals surface area contributed by atoms with Crippen molar-refractivity contribution in [1.29, 1.82) is 0 Å². The first-order chi connectivity index (χ1) is 5.04. The Labute approximate surface area is 63.2 Å². The van der Waals surface area contributed by atoms with Crippen LogP contribution in [0, 0.1) is 0 Å². The van der Waals surface area contributed by atoms with Gasteiger partial charge >= 0.3 is 5.97 Å². The predicted molar refractivity (Wildman–Crippen MR) is 34.9 cm³/mol. The molecular formula is C7H9FO3. The van der Waals surface area contributed by atoms with Crippen molar-refractivity contribution in [2.75, 3.05) is 0 Å². The van der Waals surface area contributed by atoms with Crippen molar-refractivity contribution in [1.82, 2.24) is 0 Å². The summed E-state index contributed by atoms with van der Waals surface area (Å²) in [6.07, 6.45) is -0.214. The van der Waals surface area contributed by atoms with Gasteiger partial charge in [-0.1, -0.05) is 0 Å². The minimum Gasteiger partial charge on any atom is -0.479 e. The molecule has 1 rings (SSSR count). The van der Waals surface area contributed by atoms with Crippen molar-refractivity contribution < 1.29 is 19.1 Å². The molecule has 0 bridgehead atoms. The van der Waals surface area contributed by atoms with Crippen LogP contribution in [0.3, 0.4) is 0 Å². The summed E-state index contributed by atoms with van der Waals surface area (Å²) in [5.74, 6) is -1.48. The minimum atomic E-state index is -2.14. The van der Waals surface area contributed by atoms with Gasteiger partial charge in [0, 0.05) is 12.8 Å². The summed E-state index contributed by atoms with van der Waals surface area (Å²) >= 11 is 0. The lowest BCUT2D eigenvalue weighted by molar-refractivity contribution is -0.154. The Bertz CT molecular complexity index is 190. The van der Waals surface area contributed by atoms with Crippen molar-refractivity contribution in [3.05, 3.63) is 0 Å². The van der Waals surface area contributed by atoms with E-state index in [2.05, 4.69) is 0 Å². The van der Waals surface area contributed by atoms with Crippen LogP contribution in [0.4, 0.5) is 4.39 Å². The molecule has 0 aliphatic heterocycles. The molecule has 1 saturated carbocycles. The Balaban J connectivity index is 2.62. The maximum Gasteiger partial charge on any atom is 0.341 e. The summed E-state index contributed by atoms with van der Waals surface area (Å²) in [7, 11) is 0. The fourth-order valence-electron chi connectivity index (χ4n) is 1.14. The summed E-state index contributed by atoms with van der Waals surface area (Å²) in [5.41, 5.74) is -2.14. The van der Waals surface area contributed by atoms with Crippen LogP contribution in [0.15, 0.2) is 0 Å². The molecule has 3 nitrogen and oxygen atoms in total. The van der Waals surface area contributed by atoms with Crippen molar-refractivity contribution in [2.24, 2.45) is 0 Å². The molecule has 0 amide bonds. The number of ketones is 1. The highest BCUT2D eigenvalue weighted by molar-refractivity contribution is 5.85. The molecule has 0 spiro atoms. The average Bonchev–Trinajstić information content (AvgIpc) is 1.95. The molecule has 0 atom stereocenters. The highest BCUT2D eigenvalue weighted by atomic mass is 19.1. The van der Waals surface area contributed by atoms with Gasteiger partial charge in [-0.3, -0.25) is 4.79 Å². The molecule has 1 aliphatic rings. The van der Waals surface area contributed by atoms with E-state index in [9.17, 15) is 14.0 Å². The highest BCUT2D eigenvalue weighted by Crippen LogP contribution is 2.30. The molecule has 1 aliphatic carbocycles. The van der Waals surface area contributed by atoms with Crippen LogP contribution >= 0.6 is 0 Å². The fourth-order valence-corrected chi connectivity index (χ4v) is 1.14. The molecule has 0 aromatic rings. The lowest BCUT2D eigenvalue weighted by Gasteiger charge is -2.23. The SMILES string of the molecule is O=C1CCC(F)(C(=O)O)CC1. The van der Waals surface area contributed by atoms with Gasteiger partial charge in [-0.15, -0.1) is 0 Å². The molecule has 4 heteroatoms. The Morgan fingerprint density at radius 2 is 1.91 bits per heavy atom. The predicted octanol–water partition coefficient (Wildman–Crippen LogP) is 0.922. The zero-order valence-corrected chi connectivity index (χ0v) is 5.97. The molecule has 0 aromatic carbocycles. The van der Waals surface area contributed by atoms with Crippen LogP contribution in [-0.4, -0.2) is 22.5 Å². The van der Waals surface area contributed by atoms with Crippen LogP contribution in [0.2, 0.25) is 0 Å². The van der Waals surface area contributed by atoms with Crippen molar-refractivity contribution in [2.45, 2.75) is 31.4 Å². The van der Waals surface area contributed by atoms with E-state index in [-0.39, 0.29) is 31.5 Å². The quantitative estimate of drug-likeness (QED) is 0.620.